The third-order valence-corrected chi connectivity index (χ3v) is 5.92. The second kappa shape index (κ2) is 6.27. The molecule has 2 aromatic carbocycles. The molecular weight excluding hydrogens is 358 g/mol. The molecule has 2 aromatic rings. The van der Waals surface area contributed by atoms with Crippen molar-refractivity contribution in [2.45, 2.75) is 24.9 Å². The first kappa shape index (κ1) is 17.3. The van der Waals surface area contributed by atoms with E-state index in [0.717, 1.165) is 11.3 Å². The predicted molar refractivity (Wildman–Crippen MR) is 104 cm³/mol. The van der Waals surface area contributed by atoms with Gasteiger partial charge in [-0.15, -0.1) is 0 Å². The fraction of sp³-hybridized carbons (Fsp3) is 0.227. The number of halogens is 1. The monoisotopic (exact) mass is 373 g/mol. The summed E-state index contributed by atoms with van der Waals surface area (Å²) in [6, 6.07) is 18.2. The summed E-state index contributed by atoms with van der Waals surface area (Å²) >= 11 is 6.45. The van der Waals surface area contributed by atoms with Crippen molar-refractivity contribution in [1.29, 1.82) is 10.5 Å². The second-order valence-corrected chi connectivity index (χ2v) is 7.32. The first-order chi connectivity index (χ1) is 13.0. The van der Waals surface area contributed by atoms with Gasteiger partial charge < -0.3 is 4.90 Å². The van der Waals surface area contributed by atoms with Gasteiger partial charge in [0.2, 0.25) is 0 Å². The van der Waals surface area contributed by atoms with Gasteiger partial charge in [-0.3, -0.25) is 4.79 Å². The van der Waals surface area contributed by atoms with E-state index < -0.39 is 23.4 Å². The Morgan fingerprint density at radius 2 is 1.78 bits per heavy atom. The zero-order valence-electron chi connectivity index (χ0n) is 14.6. The summed E-state index contributed by atoms with van der Waals surface area (Å²) in [7, 11) is 0. The largest absolute Gasteiger partial charge is 0.351 e. The minimum atomic E-state index is -1.43. The van der Waals surface area contributed by atoms with Crippen LogP contribution in [0.2, 0.25) is 5.02 Å². The van der Waals surface area contributed by atoms with E-state index in [2.05, 4.69) is 12.1 Å². The van der Waals surface area contributed by atoms with Gasteiger partial charge >= 0.3 is 0 Å². The Hall–Kier alpha value is -3.08. The molecule has 0 radical (unpaired) electrons. The third-order valence-electron chi connectivity index (χ3n) is 5.57. The Labute approximate surface area is 162 Å². The highest BCUT2D eigenvalue weighted by Crippen LogP contribution is 2.55. The van der Waals surface area contributed by atoms with Gasteiger partial charge in [-0.25, -0.2) is 0 Å². The number of anilines is 1. The molecule has 5 heteroatoms. The molecule has 0 aliphatic carbocycles. The number of hydrogen-bond donors (Lipinski definition) is 0. The number of para-hydroxylation sites is 1. The number of nitrogens with zero attached hydrogens (tertiary/aromatic N) is 3. The van der Waals surface area contributed by atoms with Crippen molar-refractivity contribution in [1.82, 2.24) is 0 Å². The molecule has 4 nitrogen and oxygen atoms in total. The number of ketones is 1. The number of carbonyl (C=O) groups is 1. The summed E-state index contributed by atoms with van der Waals surface area (Å²) in [4.78, 5) is 14.7. The second-order valence-electron chi connectivity index (χ2n) is 6.92. The van der Waals surface area contributed by atoms with Crippen LogP contribution in [0.15, 0.2) is 54.6 Å². The molecule has 1 fully saturated rings. The SMILES string of the molecule is CC(=O)[C@H]1[C@H](c2ccccc2Cl)C(C#N)(C#N)[C@H]2C=Cc3ccccc3N12. The first-order valence-corrected chi connectivity index (χ1v) is 9.06. The first-order valence-electron chi connectivity index (χ1n) is 8.68. The van der Waals surface area contributed by atoms with Gasteiger partial charge in [-0.2, -0.15) is 10.5 Å². The van der Waals surface area contributed by atoms with E-state index in [0.29, 0.717) is 10.6 Å². The lowest BCUT2D eigenvalue weighted by molar-refractivity contribution is -0.118. The van der Waals surface area contributed by atoms with Crippen LogP contribution in [-0.4, -0.2) is 17.9 Å². The molecule has 132 valence electrons. The van der Waals surface area contributed by atoms with Gasteiger partial charge in [0.15, 0.2) is 11.2 Å². The van der Waals surface area contributed by atoms with Crippen molar-refractivity contribution in [3.63, 3.8) is 0 Å². The zero-order valence-corrected chi connectivity index (χ0v) is 15.4. The lowest BCUT2D eigenvalue weighted by Gasteiger charge is -2.35. The van der Waals surface area contributed by atoms with Gasteiger partial charge in [0.05, 0.1) is 24.2 Å². The van der Waals surface area contributed by atoms with E-state index in [1.165, 1.54) is 6.92 Å². The van der Waals surface area contributed by atoms with E-state index in [1.54, 1.807) is 18.2 Å². The Morgan fingerprint density at radius 1 is 1.11 bits per heavy atom. The van der Waals surface area contributed by atoms with E-state index in [-0.39, 0.29) is 5.78 Å². The van der Waals surface area contributed by atoms with E-state index in [1.807, 2.05) is 47.4 Å². The molecule has 3 atom stereocenters. The van der Waals surface area contributed by atoms with Crippen molar-refractivity contribution >= 4 is 29.1 Å². The van der Waals surface area contributed by atoms with Crippen LogP contribution in [0.1, 0.15) is 24.0 Å². The summed E-state index contributed by atoms with van der Waals surface area (Å²) in [5, 5.41) is 20.7. The van der Waals surface area contributed by atoms with Crippen molar-refractivity contribution < 1.29 is 4.79 Å². The van der Waals surface area contributed by atoms with E-state index >= 15 is 0 Å². The Balaban J connectivity index is 2.03. The van der Waals surface area contributed by atoms with Crippen molar-refractivity contribution in [2.75, 3.05) is 4.90 Å². The highest BCUT2D eigenvalue weighted by Gasteiger charge is 2.63. The van der Waals surface area contributed by atoms with Crippen LogP contribution in [0.3, 0.4) is 0 Å². The maximum absolute atomic E-state index is 12.8. The summed E-state index contributed by atoms with van der Waals surface area (Å²) in [5.41, 5.74) is 1.05. The van der Waals surface area contributed by atoms with Crippen molar-refractivity contribution in [2.24, 2.45) is 5.41 Å². The molecule has 1 saturated heterocycles. The van der Waals surface area contributed by atoms with Crippen molar-refractivity contribution in [3.05, 3.63) is 70.8 Å². The average molecular weight is 374 g/mol. The quantitative estimate of drug-likeness (QED) is 0.785. The highest BCUT2D eigenvalue weighted by atomic mass is 35.5. The Kier molecular flexibility index (Phi) is 4.02. The van der Waals surface area contributed by atoms with Gasteiger partial charge in [0, 0.05) is 16.6 Å². The van der Waals surface area contributed by atoms with Crippen LogP contribution >= 0.6 is 11.6 Å². The minimum absolute atomic E-state index is 0.0950. The fourth-order valence-corrected chi connectivity index (χ4v) is 4.71. The summed E-state index contributed by atoms with van der Waals surface area (Å²) in [5.74, 6) is -0.748. The molecule has 4 rings (SSSR count). The van der Waals surface area contributed by atoms with E-state index in [4.69, 9.17) is 11.6 Å². The molecule has 0 spiro atoms. The molecule has 27 heavy (non-hydrogen) atoms. The third kappa shape index (κ3) is 2.31. The van der Waals surface area contributed by atoms with Crippen LogP contribution in [0.25, 0.3) is 6.08 Å². The highest BCUT2D eigenvalue weighted by molar-refractivity contribution is 6.31. The van der Waals surface area contributed by atoms with Crippen LogP contribution in [0.5, 0.6) is 0 Å². The number of nitriles is 2. The number of fused-ring (bicyclic) bond motifs is 3. The van der Waals surface area contributed by atoms with Crippen LogP contribution < -0.4 is 4.90 Å². The van der Waals surface area contributed by atoms with Gasteiger partial charge in [0.25, 0.3) is 0 Å². The smallest absolute Gasteiger partial charge is 0.176 e. The summed E-state index contributed by atoms with van der Waals surface area (Å²) in [6.07, 6.45) is 3.79. The Morgan fingerprint density at radius 3 is 2.44 bits per heavy atom. The molecule has 2 heterocycles. The molecule has 0 N–H and O–H groups in total. The number of carbonyl (C=O) groups excluding carboxylic acids is 1. The normalized spacial score (nSPS) is 24.4. The summed E-state index contributed by atoms with van der Waals surface area (Å²) < 4.78 is 0. The lowest BCUT2D eigenvalue weighted by atomic mass is 9.69. The van der Waals surface area contributed by atoms with Crippen LogP contribution in [0.4, 0.5) is 5.69 Å². The maximum Gasteiger partial charge on any atom is 0.176 e. The lowest BCUT2D eigenvalue weighted by Crippen LogP contribution is -2.43. The zero-order chi connectivity index (χ0) is 19.2. The van der Waals surface area contributed by atoms with Crippen molar-refractivity contribution in [3.8, 4) is 12.1 Å². The number of benzene rings is 2. The van der Waals surface area contributed by atoms with Gasteiger partial charge in [-0.1, -0.05) is 60.2 Å². The number of rotatable bonds is 2. The molecule has 2 aliphatic heterocycles. The van der Waals surface area contributed by atoms with Gasteiger partial charge in [-0.05, 0) is 30.2 Å². The molecular formula is C22H16ClN3O. The number of Topliss-reactive ketones (excluding diaryl/α,β-unsaturated/α-hetero) is 1. The summed E-state index contributed by atoms with van der Waals surface area (Å²) in [6.45, 7) is 1.51. The minimum Gasteiger partial charge on any atom is -0.351 e. The van der Waals surface area contributed by atoms with E-state index in [9.17, 15) is 15.3 Å². The van der Waals surface area contributed by atoms with Crippen LogP contribution in [0, 0.1) is 28.1 Å². The molecule has 0 bridgehead atoms. The molecule has 2 aliphatic rings. The molecule has 0 unspecified atom stereocenters. The standard InChI is InChI=1S/C22H16ClN3O/c1-14(27)21-20(16-7-3-4-8-17(16)23)22(12-24,13-25)19-11-10-15-6-2-5-9-18(15)26(19)21/h2-11,19-21H,1H3/t19-,20+,21+/m1/s1. The van der Waals surface area contributed by atoms with Gasteiger partial charge in [0.1, 0.15) is 0 Å². The number of hydrogen-bond acceptors (Lipinski definition) is 4. The predicted octanol–water partition coefficient (Wildman–Crippen LogP) is 4.33. The topological polar surface area (TPSA) is 67.9 Å². The average Bonchev–Trinajstić information content (AvgIpc) is 2.99. The maximum atomic E-state index is 12.8. The molecule has 0 saturated carbocycles. The molecule has 0 aromatic heterocycles. The Bertz CT molecular complexity index is 1030. The van der Waals surface area contributed by atoms with Crippen LogP contribution in [-0.2, 0) is 4.79 Å². The fourth-order valence-electron chi connectivity index (χ4n) is 4.46. The molecule has 0 amide bonds.